The van der Waals surface area contributed by atoms with Gasteiger partial charge in [-0.25, -0.2) is 9.97 Å². The van der Waals surface area contributed by atoms with Gasteiger partial charge < -0.3 is 9.47 Å². The minimum Gasteiger partial charge on any atom is -0.491 e. The van der Waals surface area contributed by atoms with Gasteiger partial charge in [0.15, 0.2) is 5.82 Å². The summed E-state index contributed by atoms with van der Waals surface area (Å²) in [5.74, 6) is 1.32. The third-order valence-electron chi connectivity index (χ3n) is 2.62. The quantitative estimate of drug-likeness (QED) is 0.726. The van der Waals surface area contributed by atoms with Crippen molar-refractivity contribution in [2.24, 2.45) is 0 Å². The number of ether oxygens (including phenoxy) is 2. The van der Waals surface area contributed by atoms with Crippen LogP contribution in [0.25, 0.3) is 11.4 Å². The van der Waals surface area contributed by atoms with Gasteiger partial charge in [-0.15, -0.1) is 0 Å². The van der Waals surface area contributed by atoms with E-state index in [1.807, 2.05) is 38.1 Å². The molecule has 1 aromatic heterocycles. The van der Waals surface area contributed by atoms with Crippen molar-refractivity contribution in [2.75, 3.05) is 7.11 Å². The van der Waals surface area contributed by atoms with Crippen LogP contribution in [0, 0.1) is 0 Å². The number of hydrogen-bond donors (Lipinski definition) is 0. The molecular weight excluding hydrogens is 356 g/mol. The normalized spacial score (nSPS) is 11.0. The first-order chi connectivity index (χ1) is 10.0. The van der Waals surface area contributed by atoms with Gasteiger partial charge >= 0.3 is 0 Å². The molecule has 0 atom stereocenters. The zero-order chi connectivity index (χ0) is 15.4. The van der Waals surface area contributed by atoms with Gasteiger partial charge in [-0.2, -0.15) is 0 Å². The Morgan fingerprint density at radius 1 is 1.29 bits per heavy atom. The van der Waals surface area contributed by atoms with Crippen LogP contribution < -0.4 is 4.74 Å². The number of hydrogen-bond acceptors (Lipinski definition) is 4. The van der Waals surface area contributed by atoms with Gasteiger partial charge in [0.05, 0.1) is 22.9 Å². The minimum absolute atomic E-state index is 0.110. The average molecular weight is 372 g/mol. The third kappa shape index (κ3) is 4.15. The maximum Gasteiger partial charge on any atom is 0.161 e. The lowest BCUT2D eigenvalue weighted by Crippen LogP contribution is -2.05. The smallest absolute Gasteiger partial charge is 0.161 e. The Hall–Kier alpha value is -1.17. The van der Waals surface area contributed by atoms with Crippen LogP contribution >= 0.6 is 27.5 Å². The van der Waals surface area contributed by atoms with E-state index in [0.29, 0.717) is 27.8 Å². The van der Waals surface area contributed by atoms with E-state index in [1.165, 1.54) is 0 Å². The number of rotatable bonds is 5. The standard InChI is InChI=1S/C15H16BrClN2O2/c1-9(2)21-11-6-4-5-10(7-11)15-18-12(8-20-3)13(16)14(17)19-15/h4-7,9H,8H2,1-3H3. The Labute approximate surface area is 137 Å². The van der Waals surface area contributed by atoms with E-state index in [4.69, 9.17) is 21.1 Å². The lowest BCUT2D eigenvalue weighted by atomic mass is 10.2. The molecule has 0 bridgehead atoms. The van der Waals surface area contributed by atoms with E-state index in [2.05, 4.69) is 25.9 Å². The Balaban J connectivity index is 2.41. The first-order valence-electron chi connectivity index (χ1n) is 6.49. The van der Waals surface area contributed by atoms with E-state index in [0.717, 1.165) is 11.3 Å². The SMILES string of the molecule is COCc1nc(-c2cccc(OC(C)C)c2)nc(Cl)c1Br. The number of methoxy groups -OCH3 is 1. The van der Waals surface area contributed by atoms with Crippen LogP contribution in [0.15, 0.2) is 28.7 Å². The fourth-order valence-electron chi connectivity index (χ4n) is 1.81. The molecule has 0 aliphatic rings. The summed E-state index contributed by atoms with van der Waals surface area (Å²) in [6, 6.07) is 7.63. The zero-order valence-corrected chi connectivity index (χ0v) is 14.4. The highest BCUT2D eigenvalue weighted by molar-refractivity contribution is 9.10. The Morgan fingerprint density at radius 2 is 2.05 bits per heavy atom. The summed E-state index contributed by atoms with van der Waals surface area (Å²) in [4.78, 5) is 8.79. The molecule has 0 fully saturated rings. The summed E-state index contributed by atoms with van der Waals surface area (Å²) >= 11 is 9.52. The molecule has 0 amide bonds. The van der Waals surface area contributed by atoms with Gasteiger partial charge in [-0.05, 0) is 41.9 Å². The molecule has 4 nitrogen and oxygen atoms in total. The summed E-state index contributed by atoms with van der Waals surface area (Å²) in [5, 5.41) is 0.363. The first-order valence-corrected chi connectivity index (χ1v) is 7.66. The second kappa shape index (κ2) is 7.20. The molecule has 0 unspecified atom stereocenters. The maximum absolute atomic E-state index is 6.14. The predicted molar refractivity (Wildman–Crippen MR) is 86.7 cm³/mol. The van der Waals surface area contributed by atoms with Gasteiger partial charge in [0.25, 0.3) is 0 Å². The van der Waals surface area contributed by atoms with E-state index in [-0.39, 0.29) is 6.10 Å². The van der Waals surface area contributed by atoms with Crippen LogP contribution in [-0.4, -0.2) is 23.2 Å². The second-order valence-electron chi connectivity index (χ2n) is 4.73. The lowest BCUT2D eigenvalue weighted by molar-refractivity contribution is 0.181. The molecule has 1 aromatic carbocycles. The van der Waals surface area contributed by atoms with E-state index in [1.54, 1.807) is 7.11 Å². The summed E-state index contributed by atoms with van der Waals surface area (Å²) in [7, 11) is 1.61. The molecule has 21 heavy (non-hydrogen) atoms. The van der Waals surface area contributed by atoms with E-state index >= 15 is 0 Å². The highest BCUT2D eigenvalue weighted by atomic mass is 79.9. The average Bonchev–Trinajstić information content (AvgIpc) is 2.43. The Bertz CT molecular complexity index is 635. The molecule has 0 aliphatic carbocycles. The van der Waals surface area contributed by atoms with Gasteiger partial charge in [-0.3, -0.25) is 0 Å². The Morgan fingerprint density at radius 3 is 2.71 bits per heavy atom. The fraction of sp³-hybridized carbons (Fsp3) is 0.333. The molecule has 0 saturated heterocycles. The van der Waals surface area contributed by atoms with Crippen molar-refractivity contribution in [3.8, 4) is 17.1 Å². The van der Waals surface area contributed by atoms with Crippen molar-refractivity contribution in [3.05, 3.63) is 39.6 Å². The highest BCUT2D eigenvalue weighted by Gasteiger charge is 2.12. The monoisotopic (exact) mass is 370 g/mol. The maximum atomic E-state index is 6.14. The molecule has 2 aromatic rings. The number of nitrogens with zero attached hydrogens (tertiary/aromatic N) is 2. The van der Waals surface area contributed by atoms with Crippen molar-refractivity contribution in [2.45, 2.75) is 26.6 Å². The Kier molecular flexibility index (Phi) is 5.56. The van der Waals surface area contributed by atoms with Crippen LogP contribution in [0.5, 0.6) is 5.75 Å². The van der Waals surface area contributed by atoms with Crippen molar-refractivity contribution in [1.82, 2.24) is 9.97 Å². The third-order valence-corrected chi connectivity index (χ3v) is 3.96. The topological polar surface area (TPSA) is 44.2 Å². The van der Waals surface area contributed by atoms with Crippen LogP contribution in [0.4, 0.5) is 0 Å². The highest BCUT2D eigenvalue weighted by Crippen LogP contribution is 2.28. The van der Waals surface area contributed by atoms with Crippen molar-refractivity contribution in [3.63, 3.8) is 0 Å². The van der Waals surface area contributed by atoms with Crippen LogP contribution in [0.1, 0.15) is 19.5 Å². The largest absolute Gasteiger partial charge is 0.491 e. The molecule has 112 valence electrons. The fourth-order valence-corrected chi connectivity index (χ4v) is 2.29. The van der Waals surface area contributed by atoms with Crippen LogP contribution in [-0.2, 0) is 11.3 Å². The minimum atomic E-state index is 0.110. The summed E-state index contributed by atoms with van der Waals surface area (Å²) in [5.41, 5.74) is 1.56. The van der Waals surface area contributed by atoms with Gasteiger partial charge in [0.2, 0.25) is 0 Å². The van der Waals surface area contributed by atoms with E-state index in [9.17, 15) is 0 Å². The molecular formula is C15H16BrClN2O2. The molecule has 6 heteroatoms. The molecule has 0 spiro atoms. The van der Waals surface area contributed by atoms with Crippen molar-refractivity contribution < 1.29 is 9.47 Å². The summed E-state index contributed by atoms with van der Waals surface area (Å²) in [6.07, 6.45) is 0.110. The van der Waals surface area contributed by atoms with Crippen molar-refractivity contribution >= 4 is 27.5 Å². The molecule has 0 N–H and O–H groups in total. The molecule has 2 rings (SSSR count). The van der Waals surface area contributed by atoms with Gasteiger partial charge in [-0.1, -0.05) is 23.7 Å². The van der Waals surface area contributed by atoms with Gasteiger partial charge in [0, 0.05) is 12.7 Å². The first kappa shape index (κ1) is 16.2. The predicted octanol–water partition coefficient (Wildman–Crippen LogP) is 4.49. The van der Waals surface area contributed by atoms with Gasteiger partial charge in [0.1, 0.15) is 10.9 Å². The molecule has 0 radical (unpaired) electrons. The summed E-state index contributed by atoms with van der Waals surface area (Å²) < 4.78 is 11.5. The molecule has 0 aliphatic heterocycles. The number of halogens is 2. The number of benzene rings is 1. The number of aromatic nitrogens is 2. The lowest BCUT2D eigenvalue weighted by Gasteiger charge is -2.11. The van der Waals surface area contributed by atoms with Crippen LogP contribution in [0.2, 0.25) is 5.15 Å². The van der Waals surface area contributed by atoms with Crippen LogP contribution in [0.3, 0.4) is 0 Å². The molecule has 1 heterocycles. The second-order valence-corrected chi connectivity index (χ2v) is 5.88. The zero-order valence-electron chi connectivity index (χ0n) is 12.1. The van der Waals surface area contributed by atoms with E-state index < -0.39 is 0 Å². The summed E-state index contributed by atoms with van der Waals surface area (Å²) in [6.45, 7) is 4.32. The van der Waals surface area contributed by atoms with Crippen molar-refractivity contribution in [1.29, 1.82) is 0 Å². The molecule has 0 saturated carbocycles.